The van der Waals surface area contributed by atoms with E-state index in [9.17, 15) is 0 Å². The van der Waals surface area contributed by atoms with Crippen LogP contribution in [0.4, 0.5) is 0 Å². The molecule has 2 rings (SSSR count). The summed E-state index contributed by atoms with van der Waals surface area (Å²) in [6.45, 7) is 6.27. The molecule has 0 amide bonds. The smallest absolute Gasteiger partial charge is 0.254 e. The van der Waals surface area contributed by atoms with Crippen LogP contribution in [0.1, 0.15) is 20.3 Å². The molecule has 0 atom stereocenters. The molecule has 1 aromatic carbocycles. The third-order valence-electron chi connectivity index (χ3n) is 2.59. The highest BCUT2D eigenvalue weighted by Crippen LogP contribution is 2.39. The van der Waals surface area contributed by atoms with Gasteiger partial charge in [0, 0.05) is 6.92 Å². The number of fused-ring (bicyclic) bond motifs is 1. The average molecular weight is 244 g/mol. The van der Waals surface area contributed by atoms with Gasteiger partial charge in [-0.25, -0.2) is 0 Å². The molecule has 0 bridgehead atoms. The van der Waals surface area contributed by atoms with E-state index >= 15 is 0 Å². The number of halogens is 1. The van der Waals surface area contributed by atoms with Crippen molar-refractivity contribution in [1.82, 2.24) is 0 Å². The van der Waals surface area contributed by atoms with Crippen LogP contribution < -0.4 is 27.2 Å². The second kappa shape index (κ2) is 5.41. The molecule has 16 heavy (non-hydrogen) atoms. The summed E-state index contributed by atoms with van der Waals surface area (Å²) in [6.07, 6.45) is 0.898. The lowest BCUT2D eigenvalue weighted by Crippen LogP contribution is -3.00. The summed E-state index contributed by atoms with van der Waals surface area (Å²) in [5, 5.41) is 2.25. The lowest BCUT2D eigenvalue weighted by molar-refractivity contribution is -0.654. The van der Waals surface area contributed by atoms with Gasteiger partial charge in [0.05, 0.1) is 19.5 Å². The Balaban J connectivity index is 0.00000128. The Morgan fingerprint density at radius 1 is 1.19 bits per heavy atom. The quantitative estimate of drug-likeness (QED) is 0.631. The number of para-hydroxylation sites is 2. The minimum absolute atomic E-state index is 0. The SMILES string of the molecule is CC[NH2+]CCC1(C)Oc2ccccc2O1.[Cl-]. The highest BCUT2D eigenvalue weighted by atomic mass is 35.5. The van der Waals surface area contributed by atoms with E-state index in [1.54, 1.807) is 0 Å². The Labute approximate surface area is 103 Å². The van der Waals surface area contributed by atoms with Crippen LogP contribution in [-0.2, 0) is 0 Å². The van der Waals surface area contributed by atoms with Crippen molar-refractivity contribution in [3.05, 3.63) is 24.3 Å². The number of quaternary nitrogens is 1. The molecule has 0 radical (unpaired) electrons. The van der Waals surface area contributed by atoms with Crippen molar-refractivity contribution < 1.29 is 27.2 Å². The molecular weight excluding hydrogens is 226 g/mol. The lowest BCUT2D eigenvalue weighted by Gasteiger charge is -2.21. The van der Waals surface area contributed by atoms with Crippen LogP contribution in [0.15, 0.2) is 24.3 Å². The number of nitrogens with two attached hydrogens (primary N) is 1. The van der Waals surface area contributed by atoms with Crippen LogP contribution in [0, 0.1) is 0 Å². The van der Waals surface area contributed by atoms with Crippen LogP contribution >= 0.6 is 0 Å². The maximum Gasteiger partial charge on any atom is 0.254 e. The minimum atomic E-state index is -0.477. The first-order chi connectivity index (χ1) is 7.23. The monoisotopic (exact) mass is 243 g/mol. The van der Waals surface area contributed by atoms with Crippen LogP contribution in [0.2, 0.25) is 0 Å². The normalized spacial score (nSPS) is 15.6. The highest BCUT2D eigenvalue weighted by molar-refractivity contribution is 5.42. The van der Waals surface area contributed by atoms with Gasteiger partial charge in [-0.05, 0) is 19.1 Å². The summed E-state index contributed by atoms with van der Waals surface area (Å²) >= 11 is 0. The molecule has 0 saturated heterocycles. The maximum atomic E-state index is 5.80. The Morgan fingerprint density at radius 2 is 1.75 bits per heavy atom. The summed E-state index contributed by atoms with van der Waals surface area (Å²) in [4.78, 5) is 0. The summed E-state index contributed by atoms with van der Waals surface area (Å²) in [7, 11) is 0. The van der Waals surface area contributed by atoms with E-state index in [4.69, 9.17) is 9.47 Å². The van der Waals surface area contributed by atoms with E-state index < -0.39 is 5.79 Å². The van der Waals surface area contributed by atoms with Crippen molar-refractivity contribution in [2.24, 2.45) is 0 Å². The number of hydrogen-bond acceptors (Lipinski definition) is 2. The molecule has 1 aliphatic rings. The van der Waals surface area contributed by atoms with Gasteiger partial charge in [0.25, 0.3) is 5.79 Å². The first kappa shape index (κ1) is 13.1. The largest absolute Gasteiger partial charge is 1.00 e. The second-order valence-corrected chi connectivity index (χ2v) is 4.02. The van der Waals surface area contributed by atoms with Crippen LogP contribution in [0.5, 0.6) is 11.5 Å². The van der Waals surface area contributed by atoms with Crippen molar-refractivity contribution in [3.8, 4) is 11.5 Å². The van der Waals surface area contributed by atoms with Crippen LogP contribution in [-0.4, -0.2) is 18.9 Å². The zero-order chi connectivity index (χ0) is 10.7. The zero-order valence-electron chi connectivity index (χ0n) is 9.70. The van der Waals surface area contributed by atoms with Crippen molar-refractivity contribution in [2.75, 3.05) is 13.1 Å². The summed E-state index contributed by atoms with van der Waals surface area (Å²) in [6, 6.07) is 7.83. The Hall–Kier alpha value is -0.930. The Morgan fingerprint density at radius 3 is 2.25 bits per heavy atom. The Kier molecular flexibility index (Phi) is 4.44. The molecule has 90 valence electrons. The van der Waals surface area contributed by atoms with Gasteiger partial charge in [-0.3, -0.25) is 0 Å². The second-order valence-electron chi connectivity index (χ2n) is 4.02. The van der Waals surface area contributed by atoms with Gasteiger partial charge in [-0.15, -0.1) is 0 Å². The maximum absolute atomic E-state index is 5.80. The van der Waals surface area contributed by atoms with Gasteiger partial charge in [0.2, 0.25) is 0 Å². The molecule has 0 spiro atoms. The average Bonchev–Trinajstić information content (AvgIpc) is 2.54. The van der Waals surface area contributed by atoms with Crippen molar-refractivity contribution >= 4 is 0 Å². The number of rotatable bonds is 4. The third-order valence-corrected chi connectivity index (χ3v) is 2.59. The van der Waals surface area contributed by atoms with Gasteiger partial charge in [-0.2, -0.15) is 0 Å². The van der Waals surface area contributed by atoms with E-state index in [1.807, 2.05) is 31.2 Å². The molecule has 0 fully saturated rings. The first-order valence-corrected chi connectivity index (χ1v) is 5.52. The van der Waals surface area contributed by atoms with E-state index in [-0.39, 0.29) is 12.4 Å². The number of benzene rings is 1. The van der Waals surface area contributed by atoms with Crippen molar-refractivity contribution in [2.45, 2.75) is 26.1 Å². The molecule has 1 heterocycles. The molecule has 3 nitrogen and oxygen atoms in total. The number of ether oxygens (including phenoxy) is 2. The van der Waals surface area contributed by atoms with E-state index in [0.717, 1.165) is 31.0 Å². The van der Waals surface area contributed by atoms with Crippen LogP contribution in [0.3, 0.4) is 0 Å². The number of hydrogen-bond donors (Lipinski definition) is 1. The molecule has 4 heteroatoms. The fourth-order valence-corrected chi connectivity index (χ4v) is 1.78. The molecule has 1 aromatic rings. The Bertz CT molecular complexity index is 319. The molecule has 1 aliphatic heterocycles. The van der Waals surface area contributed by atoms with Crippen LogP contribution in [0.25, 0.3) is 0 Å². The molecule has 0 saturated carbocycles. The molecule has 0 unspecified atom stereocenters. The standard InChI is InChI=1S/C12H17NO2.ClH/c1-3-13-9-8-12(2)14-10-6-4-5-7-11(10)15-12;/h4-7,13H,3,8-9H2,1-2H3;1H. The summed E-state index contributed by atoms with van der Waals surface area (Å²) in [5.41, 5.74) is 0. The van der Waals surface area contributed by atoms with Gasteiger partial charge in [0.1, 0.15) is 0 Å². The first-order valence-electron chi connectivity index (χ1n) is 5.52. The summed E-state index contributed by atoms with van der Waals surface area (Å²) < 4.78 is 11.6. The van der Waals surface area contributed by atoms with Crippen molar-refractivity contribution in [3.63, 3.8) is 0 Å². The predicted octanol–water partition coefficient (Wildman–Crippen LogP) is -1.85. The zero-order valence-corrected chi connectivity index (χ0v) is 10.5. The van der Waals surface area contributed by atoms with Gasteiger partial charge in [0.15, 0.2) is 11.5 Å². The molecule has 0 aliphatic carbocycles. The van der Waals surface area contributed by atoms with E-state index in [1.165, 1.54) is 0 Å². The van der Waals surface area contributed by atoms with Gasteiger partial charge < -0.3 is 27.2 Å². The predicted molar refractivity (Wildman–Crippen MR) is 58.1 cm³/mol. The summed E-state index contributed by atoms with van der Waals surface area (Å²) in [5.74, 6) is 1.24. The fraction of sp³-hybridized carbons (Fsp3) is 0.500. The fourth-order valence-electron chi connectivity index (χ4n) is 1.78. The van der Waals surface area contributed by atoms with E-state index in [2.05, 4.69) is 12.2 Å². The minimum Gasteiger partial charge on any atom is -1.00 e. The molecule has 0 aromatic heterocycles. The molecule has 2 N–H and O–H groups in total. The van der Waals surface area contributed by atoms with Crippen molar-refractivity contribution in [1.29, 1.82) is 0 Å². The van der Waals surface area contributed by atoms with E-state index in [0.29, 0.717) is 0 Å². The third kappa shape index (κ3) is 2.80. The highest BCUT2D eigenvalue weighted by Gasteiger charge is 2.36. The van der Waals surface area contributed by atoms with Gasteiger partial charge in [-0.1, -0.05) is 12.1 Å². The van der Waals surface area contributed by atoms with Gasteiger partial charge >= 0.3 is 0 Å². The lowest BCUT2D eigenvalue weighted by atomic mass is 10.2. The molecular formula is C12H18ClNO2. The topological polar surface area (TPSA) is 35.1 Å².